The van der Waals surface area contributed by atoms with Gasteiger partial charge in [0.05, 0.1) is 13.0 Å². The number of hydrogen-bond acceptors (Lipinski definition) is 3. The number of esters is 1. The van der Waals surface area contributed by atoms with Crippen LogP contribution in [-0.2, 0) is 14.3 Å². The van der Waals surface area contributed by atoms with E-state index in [9.17, 15) is 9.59 Å². The average Bonchev–Trinajstić information content (AvgIpc) is 2.31. The molecule has 1 aliphatic heterocycles. The smallest absolute Gasteiger partial charge is 0.310 e. The Balaban J connectivity index is 2.53. The first-order valence-electron chi connectivity index (χ1n) is 3.47. The maximum Gasteiger partial charge on any atom is 0.310 e. The number of carbonyl (C=O) groups excluding carboxylic acids is 2. The largest absolute Gasteiger partial charge is 0.469 e. The van der Waals surface area contributed by atoms with Gasteiger partial charge >= 0.3 is 5.97 Å². The van der Waals surface area contributed by atoms with E-state index in [1.807, 2.05) is 0 Å². The Morgan fingerprint density at radius 1 is 1.73 bits per heavy atom. The van der Waals surface area contributed by atoms with E-state index in [2.05, 4.69) is 4.74 Å². The molecule has 1 fully saturated rings. The molecule has 1 amide bonds. The Bertz CT molecular complexity index is 190. The minimum atomic E-state index is -0.289. The van der Waals surface area contributed by atoms with Gasteiger partial charge in [0.1, 0.15) is 0 Å². The van der Waals surface area contributed by atoms with Crippen LogP contribution in [0.2, 0.25) is 0 Å². The molecule has 1 saturated heterocycles. The zero-order valence-corrected chi connectivity index (χ0v) is 6.66. The lowest BCUT2D eigenvalue weighted by Crippen LogP contribution is -2.21. The van der Waals surface area contributed by atoms with E-state index in [1.54, 1.807) is 11.9 Å². The number of methoxy groups -OCH3 is 1. The van der Waals surface area contributed by atoms with Crippen LogP contribution >= 0.6 is 0 Å². The van der Waals surface area contributed by atoms with Gasteiger partial charge in [-0.15, -0.1) is 0 Å². The molecule has 0 bridgehead atoms. The number of nitrogens with zero attached hydrogens (tertiary/aromatic N) is 1. The summed E-state index contributed by atoms with van der Waals surface area (Å²) in [6.07, 6.45) is 0.295. The first-order chi connectivity index (χ1) is 5.15. The lowest BCUT2D eigenvalue weighted by Gasteiger charge is -2.07. The fourth-order valence-corrected chi connectivity index (χ4v) is 1.19. The fourth-order valence-electron chi connectivity index (χ4n) is 1.19. The van der Waals surface area contributed by atoms with Gasteiger partial charge in [-0.2, -0.15) is 0 Å². The van der Waals surface area contributed by atoms with Crippen LogP contribution in [0.25, 0.3) is 0 Å². The van der Waals surface area contributed by atoms with Gasteiger partial charge in [0, 0.05) is 20.0 Å². The predicted molar refractivity (Wildman–Crippen MR) is 37.8 cm³/mol. The van der Waals surface area contributed by atoms with Crippen molar-refractivity contribution < 1.29 is 14.3 Å². The molecule has 1 rings (SSSR count). The van der Waals surface area contributed by atoms with Crippen molar-refractivity contribution >= 4 is 11.9 Å². The van der Waals surface area contributed by atoms with Crippen molar-refractivity contribution in [3.63, 3.8) is 0 Å². The minimum Gasteiger partial charge on any atom is -0.469 e. The molecule has 11 heavy (non-hydrogen) atoms. The standard InChI is InChI=1S/C7H11NO3/c1-8-4-5(3-6(8)9)7(10)11-2/h5H,3-4H2,1-2H3/t5-/m1/s1. The van der Waals surface area contributed by atoms with E-state index in [1.165, 1.54) is 7.11 Å². The van der Waals surface area contributed by atoms with E-state index < -0.39 is 0 Å². The third kappa shape index (κ3) is 1.50. The number of likely N-dealkylation sites (tertiary alicyclic amines) is 1. The highest BCUT2D eigenvalue weighted by Crippen LogP contribution is 2.16. The lowest BCUT2D eigenvalue weighted by atomic mass is 10.1. The molecule has 1 atom stereocenters. The number of carbonyl (C=O) groups is 2. The summed E-state index contributed by atoms with van der Waals surface area (Å²) in [6, 6.07) is 0. The highest BCUT2D eigenvalue weighted by Gasteiger charge is 2.32. The van der Waals surface area contributed by atoms with Crippen LogP contribution in [0.3, 0.4) is 0 Å². The van der Waals surface area contributed by atoms with Crippen molar-refractivity contribution in [2.45, 2.75) is 6.42 Å². The van der Waals surface area contributed by atoms with E-state index in [4.69, 9.17) is 0 Å². The summed E-state index contributed by atoms with van der Waals surface area (Å²) in [4.78, 5) is 23.4. The molecule has 0 saturated carbocycles. The van der Waals surface area contributed by atoms with Crippen LogP contribution in [0.4, 0.5) is 0 Å². The molecule has 0 N–H and O–H groups in total. The molecule has 0 aromatic carbocycles. The molecule has 0 aliphatic carbocycles. The molecule has 0 unspecified atom stereocenters. The van der Waals surface area contributed by atoms with Crippen molar-refractivity contribution in [2.24, 2.45) is 5.92 Å². The number of amides is 1. The van der Waals surface area contributed by atoms with Gasteiger partial charge in [0.2, 0.25) is 5.91 Å². The maximum atomic E-state index is 10.9. The first kappa shape index (κ1) is 8.04. The number of hydrogen-bond donors (Lipinski definition) is 0. The minimum absolute atomic E-state index is 0.0143. The van der Waals surface area contributed by atoms with Crippen LogP contribution in [0, 0.1) is 5.92 Å². The van der Waals surface area contributed by atoms with Gasteiger partial charge < -0.3 is 9.64 Å². The lowest BCUT2D eigenvalue weighted by molar-refractivity contribution is -0.145. The van der Waals surface area contributed by atoms with E-state index in [0.717, 1.165) is 0 Å². The Labute approximate surface area is 65.1 Å². The monoisotopic (exact) mass is 157 g/mol. The summed E-state index contributed by atoms with van der Waals surface area (Å²) in [7, 11) is 3.02. The molecule has 1 heterocycles. The van der Waals surface area contributed by atoms with Gasteiger partial charge in [0.15, 0.2) is 0 Å². The second-order valence-corrected chi connectivity index (χ2v) is 2.70. The summed E-state index contributed by atoms with van der Waals surface area (Å²) in [5.74, 6) is -0.527. The SMILES string of the molecule is COC(=O)[C@@H]1CC(=O)N(C)C1. The van der Waals surface area contributed by atoms with Crippen LogP contribution in [0.1, 0.15) is 6.42 Å². The number of rotatable bonds is 1. The van der Waals surface area contributed by atoms with Crippen molar-refractivity contribution in [2.75, 3.05) is 20.7 Å². The Hall–Kier alpha value is -1.06. The second kappa shape index (κ2) is 2.90. The average molecular weight is 157 g/mol. The van der Waals surface area contributed by atoms with E-state index >= 15 is 0 Å². The van der Waals surface area contributed by atoms with Crippen LogP contribution < -0.4 is 0 Å². The highest BCUT2D eigenvalue weighted by atomic mass is 16.5. The van der Waals surface area contributed by atoms with Gasteiger partial charge in [-0.1, -0.05) is 0 Å². The zero-order chi connectivity index (χ0) is 8.43. The highest BCUT2D eigenvalue weighted by molar-refractivity contribution is 5.86. The fraction of sp³-hybridized carbons (Fsp3) is 0.714. The van der Waals surface area contributed by atoms with Gasteiger partial charge in [-0.05, 0) is 0 Å². The van der Waals surface area contributed by atoms with Gasteiger partial charge in [-0.3, -0.25) is 9.59 Å². The molecule has 0 spiro atoms. The Kier molecular flexibility index (Phi) is 2.12. The molecule has 62 valence electrons. The predicted octanol–water partition coefficient (Wildman–Crippen LogP) is -0.362. The topological polar surface area (TPSA) is 46.6 Å². The zero-order valence-electron chi connectivity index (χ0n) is 6.66. The van der Waals surface area contributed by atoms with Gasteiger partial charge in [0.25, 0.3) is 0 Å². The first-order valence-corrected chi connectivity index (χ1v) is 3.47. The summed E-state index contributed by atoms with van der Waals surface area (Å²) >= 11 is 0. The third-order valence-electron chi connectivity index (χ3n) is 1.88. The quantitative estimate of drug-likeness (QED) is 0.488. The summed E-state index contributed by atoms with van der Waals surface area (Å²) < 4.78 is 4.51. The molecular formula is C7H11NO3. The van der Waals surface area contributed by atoms with Crippen LogP contribution in [0.5, 0.6) is 0 Å². The van der Waals surface area contributed by atoms with Crippen LogP contribution in [0.15, 0.2) is 0 Å². The van der Waals surface area contributed by atoms with Crippen molar-refractivity contribution in [3.8, 4) is 0 Å². The maximum absolute atomic E-state index is 10.9. The van der Waals surface area contributed by atoms with E-state index in [0.29, 0.717) is 13.0 Å². The second-order valence-electron chi connectivity index (χ2n) is 2.70. The normalized spacial score (nSPS) is 24.0. The Morgan fingerprint density at radius 3 is 2.73 bits per heavy atom. The molecule has 0 aromatic rings. The van der Waals surface area contributed by atoms with Crippen molar-refractivity contribution in [1.82, 2.24) is 4.90 Å². The molecule has 0 radical (unpaired) electrons. The van der Waals surface area contributed by atoms with Gasteiger partial charge in [-0.25, -0.2) is 0 Å². The summed E-state index contributed by atoms with van der Waals surface area (Å²) in [5, 5.41) is 0. The molecular weight excluding hydrogens is 146 g/mol. The van der Waals surface area contributed by atoms with E-state index in [-0.39, 0.29) is 17.8 Å². The van der Waals surface area contributed by atoms with Crippen molar-refractivity contribution in [3.05, 3.63) is 0 Å². The van der Waals surface area contributed by atoms with Crippen molar-refractivity contribution in [1.29, 1.82) is 0 Å². The molecule has 0 aromatic heterocycles. The molecule has 4 heteroatoms. The Morgan fingerprint density at radius 2 is 2.36 bits per heavy atom. The van der Waals surface area contributed by atoms with Crippen LogP contribution in [-0.4, -0.2) is 37.5 Å². The molecule has 1 aliphatic rings. The summed E-state index contributed by atoms with van der Waals surface area (Å²) in [6.45, 7) is 0.492. The number of ether oxygens (including phenoxy) is 1. The molecule has 4 nitrogen and oxygen atoms in total. The third-order valence-corrected chi connectivity index (χ3v) is 1.88. The summed E-state index contributed by atoms with van der Waals surface area (Å²) in [5.41, 5.74) is 0.